The third-order valence-corrected chi connectivity index (χ3v) is 9.90. The Balaban J connectivity index is 1.40. The molecule has 0 saturated carbocycles. The molecule has 41 heavy (non-hydrogen) atoms. The van der Waals surface area contributed by atoms with Crippen LogP contribution in [-0.4, -0.2) is 33.6 Å². The molecule has 0 N–H and O–H groups in total. The van der Waals surface area contributed by atoms with Gasteiger partial charge in [0, 0.05) is 11.1 Å². The summed E-state index contributed by atoms with van der Waals surface area (Å²) in [4.78, 5) is 51.1. The summed E-state index contributed by atoms with van der Waals surface area (Å²) in [6.45, 7) is 2.92. The average Bonchev–Trinajstić information content (AvgIpc) is 3.21. The van der Waals surface area contributed by atoms with Crippen molar-refractivity contribution in [3.05, 3.63) is 110 Å². The zero-order chi connectivity index (χ0) is 29.4. The molecule has 0 spiro atoms. The predicted octanol–water partition coefficient (Wildman–Crippen LogP) is 5.91. The molecule has 1 aliphatic heterocycles. The molecule has 11 heteroatoms. The molecule has 1 heterocycles. The second-order valence-corrected chi connectivity index (χ2v) is 12.5. The Hall–Kier alpha value is -3.46. The number of nitro groups is 1. The highest BCUT2D eigenvalue weighted by Gasteiger charge is 2.74. The van der Waals surface area contributed by atoms with Gasteiger partial charge in [-0.3, -0.25) is 24.6 Å². The number of hydrogen-bond donors (Lipinski definition) is 0. The number of likely N-dealkylation sites (tertiary alicyclic amines) is 1. The Morgan fingerprint density at radius 2 is 1.39 bits per heavy atom. The highest BCUT2D eigenvalue weighted by Crippen LogP contribution is 2.69. The van der Waals surface area contributed by atoms with Gasteiger partial charge in [0.2, 0.25) is 11.8 Å². The van der Waals surface area contributed by atoms with E-state index in [1.54, 1.807) is 13.8 Å². The molecule has 1 saturated heterocycles. The van der Waals surface area contributed by atoms with Crippen LogP contribution in [0.2, 0.25) is 5.02 Å². The third kappa shape index (κ3) is 3.70. The summed E-state index contributed by atoms with van der Waals surface area (Å²) in [6.07, 6.45) is 0. The fourth-order valence-corrected chi connectivity index (χ4v) is 7.97. The van der Waals surface area contributed by atoms with Crippen LogP contribution in [-0.2, 0) is 35.5 Å². The van der Waals surface area contributed by atoms with E-state index in [1.165, 1.54) is 12.1 Å². The quantitative estimate of drug-likeness (QED) is 0.113. The highest BCUT2D eigenvalue weighted by atomic mass is 35.5. The van der Waals surface area contributed by atoms with E-state index in [0.717, 1.165) is 11.0 Å². The molecule has 4 aliphatic rings. The Labute approximate surface area is 250 Å². The summed E-state index contributed by atoms with van der Waals surface area (Å²) in [7, 11) is 0. The maximum absolute atomic E-state index is 14.3. The minimum atomic E-state index is -1.38. The van der Waals surface area contributed by atoms with E-state index >= 15 is 0 Å². The number of carbonyl (C=O) groups is 3. The van der Waals surface area contributed by atoms with Crippen LogP contribution < -0.4 is 0 Å². The molecule has 3 aliphatic carbocycles. The van der Waals surface area contributed by atoms with Crippen LogP contribution in [0.4, 0.5) is 5.69 Å². The molecule has 0 unspecified atom stereocenters. The van der Waals surface area contributed by atoms with Gasteiger partial charge in [-0.1, -0.05) is 74.0 Å². The minimum Gasteiger partial charge on any atom is -0.459 e. The van der Waals surface area contributed by atoms with Gasteiger partial charge in [0.05, 0.1) is 22.3 Å². The number of imide groups is 1. The van der Waals surface area contributed by atoms with Gasteiger partial charge in [-0.2, -0.15) is 0 Å². The fraction of sp³-hybridized carbons (Fsp3) is 0.300. The summed E-state index contributed by atoms with van der Waals surface area (Å²) in [5.74, 6) is -4.78. The second kappa shape index (κ2) is 9.54. The third-order valence-electron chi connectivity index (χ3n) is 8.38. The molecular weight excluding hydrogens is 591 g/mol. The first-order valence-corrected chi connectivity index (χ1v) is 14.1. The van der Waals surface area contributed by atoms with Crippen molar-refractivity contribution < 1.29 is 24.0 Å². The topological polar surface area (TPSA) is 107 Å². The van der Waals surface area contributed by atoms with E-state index < -0.39 is 62.9 Å². The fourth-order valence-electron chi connectivity index (χ4n) is 6.70. The van der Waals surface area contributed by atoms with Gasteiger partial charge in [-0.05, 0) is 40.3 Å². The van der Waals surface area contributed by atoms with Crippen LogP contribution in [0.15, 0.2) is 66.7 Å². The van der Waals surface area contributed by atoms with E-state index in [-0.39, 0.29) is 16.3 Å². The Morgan fingerprint density at radius 3 is 1.80 bits per heavy atom. The van der Waals surface area contributed by atoms with Crippen LogP contribution in [0.1, 0.15) is 41.7 Å². The number of benzene rings is 3. The molecule has 0 aromatic heterocycles. The standard InChI is InChI=1S/C30H23Cl3N2O6/c1-15(2)25(28(38)41-14-16-11-12-17(31)13-22(16)35(39)40)34-26(36)23-24(27(34)37)30(33)19-8-4-3-7-18(19)29(23,32)20-9-5-6-10-21(20)30/h3-13,15,23-25H,14H2,1-2H3/t23-,24-,25+,29?,30?/m1/s1. The molecule has 210 valence electrons. The molecule has 2 amide bonds. The van der Waals surface area contributed by atoms with Gasteiger partial charge in [0.25, 0.3) is 5.69 Å². The summed E-state index contributed by atoms with van der Waals surface area (Å²) in [5.41, 5.74) is 2.41. The Morgan fingerprint density at radius 1 is 0.927 bits per heavy atom. The van der Waals surface area contributed by atoms with Crippen molar-refractivity contribution >= 4 is 58.3 Å². The van der Waals surface area contributed by atoms with Crippen LogP contribution in [0, 0.1) is 27.9 Å². The maximum atomic E-state index is 14.3. The van der Waals surface area contributed by atoms with Crippen LogP contribution in [0.5, 0.6) is 0 Å². The van der Waals surface area contributed by atoms with Gasteiger partial charge in [0.1, 0.15) is 22.4 Å². The average molecular weight is 614 g/mol. The normalized spacial score (nSPS) is 26.4. The van der Waals surface area contributed by atoms with E-state index in [9.17, 15) is 24.5 Å². The van der Waals surface area contributed by atoms with E-state index in [0.29, 0.717) is 22.3 Å². The van der Waals surface area contributed by atoms with Crippen LogP contribution in [0.25, 0.3) is 0 Å². The van der Waals surface area contributed by atoms with E-state index in [1.807, 2.05) is 48.5 Å². The molecule has 1 fully saturated rings. The first kappa shape index (κ1) is 27.7. The van der Waals surface area contributed by atoms with Crippen molar-refractivity contribution in [2.75, 3.05) is 0 Å². The number of esters is 1. The first-order valence-electron chi connectivity index (χ1n) is 13.0. The maximum Gasteiger partial charge on any atom is 0.329 e. The molecular formula is C30H23Cl3N2O6. The summed E-state index contributed by atoms with van der Waals surface area (Å²) >= 11 is 20.8. The van der Waals surface area contributed by atoms with E-state index in [4.69, 9.17) is 39.5 Å². The van der Waals surface area contributed by atoms with Crippen LogP contribution in [0.3, 0.4) is 0 Å². The smallest absolute Gasteiger partial charge is 0.329 e. The van der Waals surface area contributed by atoms with Gasteiger partial charge >= 0.3 is 5.97 Å². The van der Waals surface area contributed by atoms with Crippen molar-refractivity contribution in [1.82, 2.24) is 4.90 Å². The number of amides is 2. The van der Waals surface area contributed by atoms with Gasteiger partial charge < -0.3 is 4.74 Å². The summed E-state index contributed by atoms with van der Waals surface area (Å²) in [5, 5.41) is 11.7. The second-order valence-electron chi connectivity index (χ2n) is 10.8. The lowest BCUT2D eigenvalue weighted by atomic mass is 9.54. The number of rotatable bonds is 6. The van der Waals surface area contributed by atoms with Crippen molar-refractivity contribution in [2.45, 2.75) is 36.2 Å². The number of alkyl halides is 2. The Kier molecular flexibility index (Phi) is 6.45. The van der Waals surface area contributed by atoms with Crippen molar-refractivity contribution in [1.29, 1.82) is 0 Å². The molecule has 7 rings (SSSR count). The molecule has 3 atom stereocenters. The molecule has 8 nitrogen and oxygen atoms in total. The Bertz CT molecular complexity index is 1540. The molecule has 2 bridgehead atoms. The van der Waals surface area contributed by atoms with Crippen LogP contribution >= 0.6 is 34.8 Å². The van der Waals surface area contributed by atoms with Crippen molar-refractivity contribution in [3.8, 4) is 0 Å². The first-order chi connectivity index (χ1) is 19.4. The number of hydrogen-bond acceptors (Lipinski definition) is 6. The van der Waals surface area contributed by atoms with Gasteiger partial charge in [-0.15, -0.1) is 23.2 Å². The lowest BCUT2D eigenvalue weighted by molar-refractivity contribution is -0.385. The lowest BCUT2D eigenvalue weighted by Crippen LogP contribution is -2.57. The monoisotopic (exact) mass is 612 g/mol. The number of ether oxygens (including phenoxy) is 1. The van der Waals surface area contributed by atoms with Gasteiger partial charge in [0.15, 0.2) is 0 Å². The summed E-state index contributed by atoms with van der Waals surface area (Å²) in [6, 6.07) is 17.2. The summed E-state index contributed by atoms with van der Waals surface area (Å²) < 4.78 is 5.49. The molecule has 3 aromatic rings. The largest absolute Gasteiger partial charge is 0.459 e. The number of halogens is 3. The zero-order valence-corrected chi connectivity index (χ0v) is 24.1. The highest BCUT2D eigenvalue weighted by molar-refractivity contribution is 6.36. The van der Waals surface area contributed by atoms with E-state index in [2.05, 4.69) is 0 Å². The molecule has 0 radical (unpaired) electrons. The predicted molar refractivity (Wildman–Crippen MR) is 152 cm³/mol. The van der Waals surface area contributed by atoms with Gasteiger partial charge in [-0.25, -0.2) is 4.79 Å². The number of nitrogens with zero attached hydrogens (tertiary/aromatic N) is 2. The SMILES string of the molecule is CC(C)[C@@H](C(=O)OCc1ccc(Cl)cc1[N+](=O)[O-])N1C(=O)[C@H]2[C@H](C1=O)C1(Cl)c3ccccc3C2(Cl)c2ccccc21. The number of nitro benzene ring substituents is 1. The lowest BCUT2D eigenvalue weighted by Gasteiger charge is -2.54. The molecule has 3 aromatic carbocycles. The zero-order valence-electron chi connectivity index (χ0n) is 21.8. The minimum absolute atomic E-state index is 0.117. The van der Waals surface area contributed by atoms with Crippen molar-refractivity contribution in [3.63, 3.8) is 0 Å². The van der Waals surface area contributed by atoms with Crippen molar-refractivity contribution in [2.24, 2.45) is 17.8 Å². The number of carbonyl (C=O) groups excluding carboxylic acids is 3.